The zero-order valence-electron chi connectivity index (χ0n) is 10.3. The quantitative estimate of drug-likeness (QED) is 0.876. The molecule has 0 spiro atoms. The Morgan fingerprint density at radius 2 is 2.05 bits per heavy atom. The highest BCUT2D eigenvalue weighted by atomic mass is 32.1. The van der Waals surface area contributed by atoms with Gasteiger partial charge in [0, 0.05) is 17.3 Å². The number of amides is 2. The minimum Gasteiger partial charge on any atom is -0.502 e. The van der Waals surface area contributed by atoms with Crippen molar-refractivity contribution in [1.29, 1.82) is 0 Å². The third-order valence-electron chi connectivity index (χ3n) is 2.97. The van der Waals surface area contributed by atoms with Crippen molar-refractivity contribution in [3.8, 4) is 0 Å². The summed E-state index contributed by atoms with van der Waals surface area (Å²) < 4.78 is 0. The molecule has 0 aliphatic carbocycles. The normalized spacial score (nSPS) is 15.3. The van der Waals surface area contributed by atoms with E-state index >= 15 is 0 Å². The largest absolute Gasteiger partial charge is 0.502 e. The maximum atomic E-state index is 12.3. The summed E-state index contributed by atoms with van der Waals surface area (Å²) in [6.07, 6.45) is 3.20. The molecular weight excluding hydrogens is 276 g/mol. The van der Waals surface area contributed by atoms with Crippen LogP contribution in [0, 0.1) is 0 Å². The summed E-state index contributed by atoms with van der Waals surface area (Å²) in [7, 11) is 0. The third kappa shape index (κ3) is 2.00. The van der Waals surface area contributed by atoms with Crippen molar-refractivity contribution in [2.24, 2.45) is 0 Å². The van der Waals surface area contributed by atoms with E-state index < -0.39 is 17.6 Å². The lowest BCUT2D eigenvalue weighted by molar-refractivity contribution is -0.138. The predicted octanol–water partition coefficient (Wildman–Crippen LogP) is 1.98. The first-order valence-corrected chi connectivity index (χ1v) is 6.78. The van der Waals surface area contributed by atoms with E-state index in [0.29, 0.717) is 4.88 Å². The number of aromatic nitrogens is 1. The number of rotatable bonds is 3. The second-order valence-corrected chi connectivity index (χ2v) is 5.21. The van der Waals surface area contributed by atoms with Crippen LogP contribution in [0.4, 0.5) is 0 Å². The molecule has 5 nitrogen and oxygen atoms in total. The smallest absolute Gasteiger partial charge is 0.296 e. The number of nitrogens with zero attached hydrogens (tertiary/aromatic N) is 2. The minimum absolute atomic E-state index is 0.0777. The first-order valence-electron chi connectivity index (χ1n) is 5.90. The molecule has 1 N–H and O–H groups in total. The Bertz CT molecular complexity index is 692. The molecule has 1 aliphatic rings. The number of aliphatic hydroxyl groups is 1. The van der Waals surface area contributed by atoms with Crippen molar-refractivity contribution in [2.45, 2.75) is 6.54 Å². The van der Waals surface area contributed by atoms with Crippen LogP contribution in [0.5, 0.6) is 0 Å². The van der Waals surface area contributed by atoms with Gasteiger partial charge in [0.15, 0.2) is 5.76 Å². The van der Waals surface area contributed by atoms with Crippen molar-refractivity contribution in [3.05, 3.63) is 58.2 Å². The molecule has 0 radical (unpaired) electrons. The van der Waals surface area contributed by atoms with E-state index in [4.69, 9.17) is 0 Å². The van der Waals surface area contributed by atoms with Gasteiger partial charge in [-0.05, 0) is 23.1 Å². The molecule has 2 amide bonds. The summed E-state index contributed by atoms with van der Waals surface area (Å²) in [6, 6.07) is 6.97. The fraction of sp³-hybridized carbons (Fsp3) is 0.0714. The van der Waals surface area contributed by atoms with Gasteiger partial charge in [-0.15, -0.1) is 11.3 Å². The highest BCUT2D eigenvalue weighted by Gasteiger charge is 2.39. The van der Waals surface area contributed by atoms with Crippen LogP contribution in [0.25, 0.3) is 5.57 Å². The molecule has 100 valence electrons. The molecule has 0 fully saturated rings. The van der Waals surface area contributed by atoms with Gasteiger partial charge in [0.05, 0.1) is 6.54 Å². The summed E-state index contributed by atoms with van der Waals surface area (Å²) in [5.74, 6) is -1.62. The number of pyridine rings is 1. The lowest BCUT2D eigenvalue weighted by Gasteiger charge is -2.13. The Kier molecular flexibility index (Phi) is 3.08. The number of carbonyl (C=O) groups is 2. The van der Waals surface area contributed by atoms with E-state index in [9.17, 15) is 14.7 Å². The lowest BCUT2D eigenvalue weighted by atomic mass is 10.2. The Labute approximate surface area is 118 Å². The molecule has 6 heteroatoms. The van der Waals surface area contributed by atoms with Crippen molar-refractivity contribution < 1.29 is 14.7 Å². The van der Waals surface area contributed by atoms with E-state index in [1.54, 1.807) is 42.0 Å². The van der Waals surface area contributed by atoms with E-state index in [1.807, 2.05) is 0 Å². The van der Waals surface area contributed by atoms with E-state index in [-0.39, 0.29) is 12.1 Å². The monoisotopic (exact) mass is 286 g/mol. The molecule has 20 heavy (non-hydrogen) atoms. The summed E-state index contributed by atoms with van der Waals surface area (Å²) in [4.78, 5) is 29.9. The van der Waals surface area contributed by atoms with Gasteiger partial charge in [-0.25, -0.2) is 0 Å². The Hall–Kier alpha value is -2.47. The van der Waals surface area contributed by atoms with Crippen LogP contribution in [-0.2, 0) is 16.1 Å². The number of imide groups is 1. The molecule has 2 aromatic heterocycles. The number of aliphatic hydroxyl groups excluding tert-OH is 1. The molecule has 0 bridgehead atoms. The molecule has 0 unspecified atom stereocenters. The molecule has 0 aromatic carbocycles. The van der Waals surface area contributed by atoms with Crippen molar-refractivity contribution in [3.63, 3.8) is 0 Å². The fourth-order valence-corrected chi connectivity index (χ4v) is 2.79. The zero-order valence-corrected chi connectivity index (χ0v) is 11.1. The molecule has 3 heterocycles. The van der Waals surface area contributed by atoms with E-state index in [1.165, 1.54) is 11.3 Å². The van der Waals surface area contributed by atoms with Gasteiger partial charge < -0.3 is 5.11 Å². The van der Waals surface area contributed by atoms with Crippen molar-refractivity contribution >= 4 is 28.7 Å². The maximum Gasteiger partial charge on any atom is 0.296 e. The fourth-order valence-electron chi connectivity index (χ4n) is 2.02. The van der Waals surface area contributed by atoms with Crippen LogP contribution < -0.4 is 0 Å². The Morgan fingerprint density at radius 3 is 2.70 bits per heavy atom. The Morgan fingerprint density at radius 1 is 1.20 bits per heavy atom. The van der Waals surface area contributed by atoms with Gasteiger partial charge in [0.25, 0.3) is 11.8 Å². The van der Waals surface area contributed by atoms with E-state index in [2.05, 4.69) is 4.98 Å². The molecule has 0 saturated heterocycles. The average molecular weight is 286 g/mol. The molecule has 0 saturated carbocycles. The Balaban J connectivity index is 1.91. The summed E-state index contributed by atoms with van der Waals surface area (Å²) in [5.41, 5.74) is 0.809. The SMILES string of the molecule is O=C1C(O)=C(c2cccs2)C(=O)N1Cc1cccnc1. The molecule has 2 aromatic rings. The van der Waals surface area contributed by atoms with Crippen LogP contribution in [0.2, 0.25) is 0 Å². The first-order chi connectivity index (χ1) is 9.68. The van der Waals surface area contributed by atoms with Gasteiger partial charge >= 0.3 is 0 Å². The van der Waals surface area contributed by atoms with Crippen molar-refractivity contribution in [2.75, 3.05) is 0 Å². The number of thiophene rings is 1. The summed E-state index contributed by atoms with van der Waals surface area (Å²) >= 11 is 1.31. The van der Waals surface area contributed by atoms with Crippen LogP contribution in [0.3, 0.4) is 0 Å². The van der Waals surface area contributed by atoms with Crippen LogP contribution in [0.15, 0.2) is 47.8 Å². The molecule has 1 aliphatic heterocycles. The van der Waals surface area contributed by atoms with Crippen LogP contribution in [-0.4, -0.2) is 26.8 Å². The van der Waals surface area contributed by atoms with Gasteiger partial charge in [-0.2, -0.15) is 0 Å². The van der Waals surface area contributed by atoms with Crippen molar-refractivity contribution in [1.82, 2.24) is 9.88 Å². The molecular formula is C14H10N2O3S. The van der Waals surface area contributed by atoms with E-state index in [0.717, 1.165) is 10.5 Å². The standard InChI is InChI=1S/C14H10N2O3S/c17-12-11(10-4-2-6-20-10)13(18)16(14(12)19)8-9-3-1-5-15-7-9/h1-7,17H,8H2. The summed E-state index contributed by atoms with van der Waals surface area (Å²) in [5, 5.41) is 11.7. The number of hydrogen-bond donors (Lipinski definition) is 1. The van der Waals surface area contributed by atoms with Gasteiger partial charge in [0.2, 0.25) is 0 Å². The third-order valence-corrected chi connectivity index (χ3v) is 3.86. The van der Waals surface area contributed by atoms with Crippen LogP contribution >= 0.6 is 11.3 Å². The highest BCUT2D eigenvalue weighted by Crippen LogP contribution is 2.31. The topological polar surface area (TPSA) is 70.5 Å². The zero-order chi connectivity index (χ0) is 14.1. The molecule has 3 rings (SSSR count). The maximum absolute atomic E-state index is 12.3. The predicted molar refractivity (Wildman–Crippen MR) is 73.7 cm³/mol. The van der Waals surface area contributed by atoms with Crippen LogP contribution in [0.1, 0.15) is 10.4 Å². The second-order valence-electron chi connectivity index (χ2n) is 4.26. The molecule has 0 atom stereocenters. The average Bonchev–Trinajstić information content (AvgIpc) is 3.04. The number of hydrogen-bond acceptors (Lipinski definition) is 5. The van der Waals surface area contributed by atoms with Gasteiger partial charge in [0.1, 0.15) is 5.57 Å². The van der Waals surface area contributed by atoms with Gasteiger partial charge in [-0.1, -0.05) is 12.1 Å². The second kappa shape index (κ2) is 4.90. The highest BCUT2D eigenvalue weighted by molar-refractivity contribution is 7.11. The van der Waals surface area contributed by atoms with Gasteiger partial charge in [-0.3, -0.25) is 19.5 Å². The lowest BCUT2D eigenvalue weighted by Crippen LogP contribution is -2.31. The summed E-state index contributed by atoms with van der Waals surface area (Å²) in [6.45, 7) is 0.102. The minimum atomic E-state index is -0.665. The number of carbonyl (C=O) groups excluding carboxylic acids is 2. The first kappa shape index (κ1) is 12.6.